The molecular weight excluding hydrogens is 448 g/mol. The molecule has 0 amide bonds. The molecule has 4 fully saturated rings. The molecule has 0 radical (unpaired) electrons. The van der Waals surface area contributed by atoms with E-state index in [1.54, 1.807) is 0 Å². The normalized spacial score (nSPS) is 34.7. The Morgan fingerprint density at radius 3 is 1.40 bits per heavy atom. The Hall–Kier alpha value is -1.18. The van der Waals surface area contributed by atoms with Crippen molar-refractivity contribution in [2.75, 3.05) is 13.2 Å². The van der Waals surface area contributed by atoms with Gasteiger partial charge in [-0.15, -0.1) is 0 Å². The van der Waals surface area contributed by atoms with Crippen LogP contribution in [0, 0.1) is 11.8 Å². The van der Waals surface area contributed by atoms with E-state index in [1.807, 2.05) is 0 Å². The van der Waals surface area contributed by atoms with Crippen molar-refractivity contribution in [2.24, 2.45) is 11.8 Å². The first-order valence-corrected chi connectivity index (χ1v) is 14.4. The smallest absolute Gasteiger partial charge is 0.309 e. The van der Waals surface area contributed by atoms with Crippen LogP contribution >= 0.6 is 0 Å². The highest BCUT2D eigenvalue weighted by Crippen LogP contribution is 2.44. The van der Waals surface area contributed by atoms with Gasteiger partial charge in [0, 0.05) is 0 Å². The number of rotatable bonds is 18. The van der Waals surface area contributed by atoms with Crippen molar-refractivity contribution in [1.29, 1.82) is 0 Å². The fraction of sp³-hybridized carbons (Fsp3) is 0.929. The SMILES string of the molecule is CCCCCC1OC1CCCOC(=O)C1CC2OC2CC1C(=O)OCCCC1OC1CCCCC. The summed E-state index contributed by atoms with van der Waals surface area (Å²) in [5.41, 5.74) is 0. The summed E-state index contributed by atoms with van der Waals surface area (Å²) in [6.07, 6.45) is 15.9. The second-order valence-corrected chi connectivity index (χ2v) is 10.9. The highest BCUT2D eigenvalue weighted by molar-refractivity contribution is 5.82. The number of epoxide rings is 3. The van der Waals surface area contributed by atoms with Crippen molar-refractivity contribution in [3.8, 4) is 0 Å². The van der Waals surface area contributed by atoms with Gasteiger partial charge in [0.25, 0.3) is 0 Å². The second-order valence-electron chi connectivity index (χ2n) is 10.9. The largest absolute Gasteiger partial charge is 0.465 e. The summed E-state index contributed by atoms with van der Waals surface area (Å²) in [6.45, 7) is 5.18. The summed E-state index contributed by atoms with van der Waals surface area (Å²) >= 11 is 0. The molecule has 0 aromatic heterocycles. The molecule has 4 aliphatic rings. The van der Waals surface area contributed by atoms with Crippen LogP contribution in [0.4, 0.5) is 0 Å². The van der Waals surface area contributed by atoms with Crippen LogP contribution in [0.15, 0.2) is 0 Å². The van der Waals surface area contributed by atoms with Gasteiger partial charge in [-0.1, -0.05) is 52.4 Å². The van der Waals surface area contributed by atoms with Crippen LogP contribution in [0.25, 0.3) is 0 Å². The molecule has 3 saturated heterocycles. The first kappa shape index (κ1) is 26.9. The van der Waals surface area contributed by atoms with Crippen LogP contribution in [0.1, 0.15) is 104 Å². The van der Waals surface area contributed by atoms with Gasteiger partial charge in [0.05, 0.1) is 61.7 Å². The summed E-state index contributed by atoms with van der Waals surface area (Å²) in [7, 11) is 0. The van der Waals surface area contributed by atoms with Crippen LogP contribution in [-0.2, 0) is 33.3 Å². The molecule has 0 N–H and O–H groups in total. The minimum absolute atomic E-state index is 0.0944. The maximum absolute atomic E-state index is 12.8. The monoisotopic (exact) mass is 494 g/mol. The Kier molecular flexibility index (Phi) is 10.3. The maximum Gasteiger partial charge on any atom is 0.309 e. The number of unbranched alkanes of at least 4 members (excludes halogenated alkanes) is 4. The van der Waals surface area contributed by atoms with Crippen molar-refractivity contribution in [3.63, 3.8) is 0 Å². The molecule has 35 heavy (non-hydrogen) atoms. The van der Waals surface area contributed by atoms with Gasteiger partial charge in [-0.05, 0) is 51.4 Å². The zero-order chi connectivity index (χ0) is 24.6. The molecule has 1 aliphatic carbocycles. The van der Waals surface area contributed by atoms with Gasteiger partial charge in [0.15, 0.2) is 0 Å². The highest BCUT2D eigenvalue weighted by Gasteiger charge is 2.53. The lowest BCUT2D eigenvalue weighted by Crippen LogP contribution is -2.38. The van der Waals surface area contributed by atoms with Gasteiger partial charge in [-0.2, -0.15) is 0 Å². The third kappa shape index (κ3) is 8.43. The Balaban J connectivity index is 1.09. The summed E-state index contributed by atoms with van der Waals surface area (Å²) in [5.74, 6) is -1.48. The number of ether oxygens (including phenoxy) is 5. The minimum Gasteiger partial charge on any atom is -0.465 e. The number of hydrogen-bond acceptors (Lipinski definition) is 7. The molecule has 0 spiro atoms. The quantitative estimate of drug-likeness (QED) is 0.148. The van der Waals surface area contributed by atoms with Gasteiger partial charge in [0.1, 0.15) is 0 Å². The van der Waals surface area contributed by atoms with Crippen molar-refractivity contribution in [1.82, 2.24) is 0 Å². The molecule has 1 saturated carbocycles. The van der Waals surface area contributed by atoms with Gasteiger partial charge in [-0.25, -0.2) is 0 Å². The predicted octanol–water partition coefficient (Wildman–Crippen LogP) is 5.12. The van der Waals surface area contributed by atoms with Crippen LogP contribution < -0.4 is 0 Å². The first-order valence-electron chi connectivity index (χ1n) is 14.4. The van der Waals surface area contributed by atoms with E-state index >= 15 is 0 Å². The molecule has 7 heteroatoms. The molecule has 0 bridgehead atoms. The molecule has 8 atom stereocenters. The number of esters is 2. The average molecular weight is 495 g/mol. The molecule has 7 nitrogen and oxygen atoms in total. The Morgan fingerprint density at radius 1 is 0.600 bits per heavy atom. The standard InChI is InChI=1S/C28H46O7/c1-3-5-7-11-21-23(33-21)13-9-15-31-27(29)19-17-25-26(35-25)18-20(19)28(30)32-16-10-14-24-22(34-24)12-8-6-4-2/h19-26H,3-18H2,1-2H3. The van der Waals surface area contributed by atoms with E-state index in [1.165, 1.54) is 38.5 Å². The summed E-state index contributed by atoms with van der Waals surface area (Å²) in [5, 5.41) is 0. The van der Waals surface area contributed by atoms with Crippen molar-refractivity contribution in [2.45, 2.75) is 140 Å². The zero-order valence-corrected chi connectivity index (χ0v) is 21.8. The molecule has 3 aliphatic heterocycles. The van der Waals surface area contributed by atoms with E-state index in [9.17, 15) is 9.59 Å². The van der Waals surface area contributed by atoms with Crippen molar-refractivity contribution in [3.05, 3.63) is 0 Å². The molecule has 200 valence electrons. The fourth-order valence-electron chi connectivity index (χ4n) is 5.64. The van der Waals surface area contributed by atoms with E-state index in [4.69, 9.17) is 23.7 Å². The summed E-state index contributed by atoms with van der Waals surface area (Å²) in [6, 6.07) is 0. The van der Waals surface area contributed by atoms with E-state index in [0.717, 1.165) is 38.5 Å². The topological polar surface area (TPSA) is 90.2 Å². The van der Waals surface area contributed by atoms with Crippen LogP contribution in [-0.4, -0.2) is 61.8 Å². The lowest BCUT2D eigenvalue weighted by Gasteiger charge is -2.26. The second kappa shape index (κ2) is 13.4. The van der Waals surface area contributed by atoms with Gasteiger partial charge in [-0.3, -0.25) is 9.59 Å². The molecule has 3 heterocycles. The zero-order valence-electron chi connectivity index (χ0n) is 21.8. The third-order valence-electron chi connectivity index (χ3n) is 8.07. The van der Waals surface area contributed by atoms with E-state index < -0.39 is 11.8 Å². The number of fused-ring (bicyclic) bond motifs is 1. The van der Waals surface area contributed by atoms with Crippen molar-refractivity contribution < 1.29 is 33.3 Å². The van der Waals surface area contributed by atoms with Crippen LogP contribution in [0.3, 0.4) is 0 Å². The van der Waals surface area contributed by atoms with Crippen molar-refractivity contribution >= 4 is 11.9 Å². The Morgan fingerprint density at radius 2 is 1.00 bits per heavy atom. The fourth-order valence-corrected chi connectivity index (χ4v) is 5.64. The lowest BCUT2D eigenvalue weighted by atomic mass is 9.79. The minimum atomic E-state index is -0.458. The number of carbonyl (C=O) groups is 2. The van der Waals surface area contributed by atoms with E-state index in [-0.39, 0.29) is 24.1 Å². The molecule has 0 aromatic carbocycles. The molecule has 8 unspecified atom stereocenters. The first-order chi connectivity index (χ1) is 17.1. The van der Waals surface area contributed by atoms with Gasteiger partial charge >= 0.3 is 11.9 Å². The summed E-state index contributed by atoms with van der Waals surface area (Å²) < 4.78 is 28.2. The predicted molar refractivity (Wildman–Crippen MR) is 131 cm³/mol. The highest BCUT2D eigenvalue weighted by atomic mass is 16.6. The van der Waals surface area contributed by atoms with Gasteiger partial charge < -0.3 is 23.7 Å². The lowest BCUT2D eigenvalue weighted by molar-refractivity contribution is -0.162. The number of hydrogen-bond donors (Lipinski definition) is 0. The Bertz CT molecular complexity index is 626. The molecular formula is C28H46O7. The van der Waals surface area contributed by atoms with Gasteiger partial charge in [0.2, 0.25) is 0 Å². The third-order valence-corrected chi connectivity index (χ3v) is 8.07. The molecule has 4 rings (SSSR count). The van der Waals surface area contributed by atoms with Crippen LogP contribution in [0.2, 0.25) is 0 Å². The average Bonchev–Trinajstić information content (AvgIpc) is 3.75. The Labute approximate surface area is 210 Å². The van der Waals surface area contributed by atoms with Crippen LogP contribution in [0.5, 0.6) is 0 Å². The van der Waals surface area contributed by atoms with E-state index in [0.29, 0.717) is 50.5 Å². The molecule has 0 aromatic rings. The van der Waals surface area contributed by atoms with E-state index in [2.05, 4.69) is 13.8 Å². The number of carbonyl (C=O) groups excluding carboxylic acids is 2. The maximum atomic E-state index is 12.8. The summed E-state index contributed by atoms with van der Waals surface area (Å²) in [4.78, 5) is 25.6.